The summed E-state index contributed by atoms with van der Waals surface area (Å²) in [5.41, 5.74) is 1.12. The molecule has 0 bridgehead atoms. The normalized spacial score (nSPS) is 10.8. The van der Waals surface area contributed by atoms with Gasteiger partial charge in [-0.2, -0.15) is 0 Å². The van der Waals surface area contributed by atoms with Crippen LogP contribution >= 0.6 is 11.3 Å². The Morgan fingerprint density at radius 2 is 2.22 bits per heavy atom. The largest absolute Gasteiger partial charge is 0.391 e. The van der Waals surface area contributed by atoms with Gasteiger partial charge in [-0.1, -0.05) is 6.07 Å². The Hall–Kier alpha value is -1.43. The van der Waals surface area contributed by atoms with Gasteiger partial charge in [-0.05, 0) is 23.6 Å². The molecule has 2 rings (SSSR count). The van der Waals surface area contributed by atoms with Crippen LogP contribution in [0.2, 0.25) is 0 Å². The molecule has 0 radical (unpaired) electrons. The Labute approximate surface area is 109 Å². The van der Waals surface area contributed by atoms with Gasteiger partial charge in [-0.15, -0.1) is 11.3 Å². The minimum atomic E-state index is -0.240. The maximum Gasteiger partial charge on any atom is 0.256 e. The zero-order chi connectivity index (χ0) is 13.0. The lowest BCUT2D eigenvalue weighted by molar-refractivity contribution is 0.186. The quantitative estimate of drug-likeness (QED) is 0.895. The molecule has 0 fully saturated rings. The second kappa shape index (κ2) is 5.95. The van der Waals surface area contributed by atoms with Gasteiger partial charge in [0.25, 0.3) is 5.56 Å². The summed E-state index contributed by atoms with van der Waals surface area (Å²) >= 11 is 1.58. The minimum absolute atomic E-state index is 0.152. The highest BCUT2D eigenvalue weighted by atomic mass is 32.1. The van der Waals surface area contributed by atoms with Gasteiger partial charge in [0, 0.05) is 19.2 Å². The van der Waals surface area contributed by atoms with Crippen molar-refractivity contribution in [1.82, 2.24) is 4.57 Å². The number of hydrogen-bond acceptors (Lipinski definition) is 4. The van der Waals surface area contributed by atoms with E-state index < -0.39 is 0 Å². The number of ether oxygens (including phenoxy) is 1. The number of aliphatic hydroxyl groups excluding tert-OH is 1. The van der Waals surface area contributed by atoms with Gasteiger partial charge in [0.15, 0.2) is 0 Å². The van der Waals surface area contributed by atoms with E-state index in [-0.39, 0.29) is 12.2 Å². The van der Waals surface area contributed by atoms with Crippen LogP contribution in [0, 0.1) is 0 Å². The van der Waals surface area contributed by atoms with Crippen LogP contribution in [0.4, 0.5) is 0 Å². The molecule has 0 saturated carbocycles. The number of hydrogen-bond donors (Lipinski definition) is 1. The Morgan fingerprint density at radius 1 is 1.39 bits per heavy atom. The summed E-state index contributed by atoms with van der Waals surface area (Å²) in [7, 11) is 1.60. The highest BCUT2D eigenvalue weighted by Crippen LogP contribution is 2.23. The number of rotatable bonds is 5. The molecule has 96 valence electrons. The lowest BCUT2D eigenvalue weighted by atomic mass is 10.2. The van der Waals surface area contributed by atoms with Gasteiger partial charge < -0.3 is 14.4 Å². The van der Waals surface area contributed by atoms with E-state index in [0.29, 0.717) is 18.7 Å². The molecule has 2 aromatic rings. The van der Waals surface area contributed by atoms with Crippen LogP contribution in [0.15, 0.2) is 34.4 Å². The van der Waals surface area contributed by atoms with Crippen molar-refractivity contribution in [2.24, 2.45) is 0 Å². The van der Waals surface area contributed by atoms with Crippen LogP contribution in [-0.2, 0) is 17.9 Å². The van der Waals surface area contributed by atoms with E-state index in [1.54, 1.807) is 29.1 Å². The lowest BCUT2D eigenvalue weighted by Gasteiger charge is -2.12. The SMILES string of the molecule is COCCn1c(-c2cccs2)ccc(CO)c1=O. The molecule has 0 spiro atoms. The number of thiophene rings is 1. The fourth-order valence-electron chi connectivity index (χ4n) is 1.79. The van der Waals surface area contributed by atoms with Crippen LogP contribution in [0.3, 0.4) is 0 Å². The van der Waals surface area contributed by atoms with Crippen molar-refractivity contribution < 1.29 is 9.84 Å². The lowest BCUT2D eigenvalue weighted by Crippen LogP contribution is -2.26. The molecule has 0 aliphatic rings. The zero-order valence-corrected chi connectivity index (χ0v) is 10.9. The smallest absolute Gasteiger partial charge is 0.256 e. The van der Waals surface area contributed by atoms with Gasteiger partial charge in [-0.3, -0.25) is 4.79 Å². The van der Waals surface area contributed by atoms with Crippen molar-refractivity contribution in [2.45, 2.75) is 13.2 Å². The Morgan fingerprint density at radius 3 is 2.83 bits per heavy atom. The summed E-state index contributed by atoms with van der Waals surface area (Å²) in [6.45, 7) is 0.708. The van der Waals surface area contributed by atoms with E-state index in [1.807, 2.05) is 23.6 Å². The molecule has 0 saturated heterocycles. The molecular formula is C13H15NO3S. The van der Waals surface area contributed by atoms with E-state index in [4.69, 9.17) is 9.84 Å². The first-order valence-electron chi connectivity index (χ1n) is 5.64. The molecule has 18 heavy (non-hydrogen) atoms. The predicted octanol–water partition coefficient (Wildman–Crippen LogP) is 1.72. The van der Waals surface area contributed by atoms with Crippen LogP contribution in [0.5, 0.6) is 0 Å². The number of aliphatic hydroxyl groups is 1. The van der Waals surface area contributed by atoms with Crippen molar-refractivity contribution in [3.05, 3.63) is 45.6 Å². The first kappa shape index (κ1) is 13.0. The zero-order valence-electron chi connectivity index (χ0n) is 10.1. The number of methoxy groups -OCH3 is 1. The van der Waals surface area contributed by atoms with Crippen molar-refractivity contribution in [2.75, 3.05) is 13.7 Å². The Bertz CT molecular complexity index is 560. The third-order valence-corrected chi connectivity index (χ3v) is 3.61. The topological polar surface area (TPSA) is 51.5 Å². The summed E-state index contributed by atoms with van der Waals surface area (Å²) in [6.07, 6.45) is 0. The van der Waals surface area contributed by atoms with Gasteiger partial charge in [0.05, 0.1) is 23.8 Å². The van der Waals surface area contributed by atoms with E-state index in [1.165, 1.54) is 0 Å². The molecule has 2 heterocycles. The molecule has 1 N–H and O–H groups in total. The van der Waals surface area contributed by atoms with Crippen LogP contribution in [0.1, 0.15) is 5.56 Å². The second-order valence-corrected chi connectivity index (χ2v) is 4.78. The average molecular weight is 265 g/mol. The summed E-state index contributed by atoms with van der Waals surface area (Å²) in [5.74, 6) is 0. The fraction of sp³-hybridized carbons (Fsp3) is 0.308. The Balaban J connectivity index is 2.52. The average Bonchev–Trinajstić information content (AvgIpc) is 2.90. The summed E-state index contributed by atoms with van der Waals surface area (Å²) < 4.78 is 6.68. The molecule has 0 aromatic carbocycles. The van der Waals surface area contributed by atoms with Crippen molar-refractivity contribution in [3.63, 3.8) is 0 Å². The first-order valence-corrected chi connectivity index (χ1v) is 6.52. The predicted molar refractivity (Wildman–Crippen MR) is 71.8 cm³/mol. The number of nitrogens with zero attached hydrogens (tertiary/aromatic N) is 1. The van der Waals surface area contributed by atoms with E-state index in [9.17, 15) is 4.79 Å². The molecule has 5 heteroatoms. The molecule has 0 unspecified atom stereocenters. The molecule has 0 aliphatic heterocycles. The second-order valence-electron chi connectivity index (χ2n) is 3.83. The molecule has 2 aromatic heterocycles. The molecule has 0 atom stereocenters. The highest BCUT2D eigenvalue weighted by Gasteiger charge is 2.10. The van der Waals surface area contributed by atoms with Crippen molar-refractivity contribution in [3.8, 4) is 10.6 Å². The van der Waals surface area contributed by atoms with Gasteiger partial charge in [0.1, 0.15) is 0 Å². The third-order valence-electron chi connectivity index (χ3n) is 2.72. The third kappa shape index (κ3) is 2.53. The van der Waals surface area contributed by atoms with E-state index in [2.05, 4.69) is 0 Å². The van der Waals surface area contributed by atoms with Gasteiger partial charge in [0.2, 0.25) is 0 Å². The standard InChI is InChI=1S/C13H15NO3S/c1-17-7-6-14-11(12-3-2-8-18-12)5-4-10(9-15)13(14)16/h2-5,8,15H,6-7,9H2,1H3. The monoisotopic (exact) mass is 265 g/mol. The maximum absolute atomic E-state index is 12.2. The van der Waals surface area contributed by atoms with Crippen molar-refractivity contribution in [1.29, 1.82) is 0 Å². The molecule has 0 amide bonds. The minimum Gasteiger partial charge on any atom is -0.391 e. The summed E-state index contributed by atoms with van der Waals surface area (Å²) in [6, 6.07) is 7.47. The first-order chi connectivity index (χ1) is 8.77. The van der Waals surface area contributed by atoms with Crippen LogP contribution in [0.25, 0.3) is 10.6 Å². The van der Waals surface area contributed by atoms with Crippen molar-refractivity contribution >= 4 is 11.3 Å². The highest BCUT2D eigenvalue weighted by molar-refractivity contribution is 7.13. The van der Waals surface area contributed by atoms with E-state index >= 15 is 0 Å². The van der Waals surface area contributed by atoms with Crippen LogP contribution in [-0.4, -0.2) is 23.4 Å². The number of pyridine rings is 1. The summed E-state index contributed by atoms with van der Waals surface area (Å²) in [4.78, 5) is 13.2. The molecule has 4 nitrogen and oxygen atoms in total. The summed E-state index contributed by atoms with van der Waals surface area (Å²) in [5, 5.41) is 11.1. The van der Waals surface area contributed by atoms with Crippen LogP contribution < -0.4 is 5.56 Å². The van der Waals surface area contributed by atoms with Gasteiger partial charge >= 0.3 is 0 Å². The Kier molecular flexibility index (Phi) is 4.30. The molecule has 0 aliphatic carbocycles. The fourth-order valence-corrected chi connectivity index (χ4v) is 2.55. The molecular weight excluding hydrogens is 250 g/mol. The van der Waals surface area contributed by atoms with Gasteiger partial charge in [-0.25, -0.2) is 0 Å². The number of aromatic nitrogens is 1. The van der Waals surface area contributed by atoms with E-state index in [0.717, 1.165) is 10.6 Å². The maximum atomic E-state index is 12.2.